The Bertz CT molecular complexity index is 1080. The predicted octanol–water partition coefficient (Wildman–Crippen LogP) is 6.27. The van der Waals surface area contributed by atoms with Crippen molar-refractivity contribution in [1.82, 2.24) is 0 Å². The number of imide groups is 1. The lowest BCUT2D eigenvalue weighted by Gasteiger charge is -2.11. The van der Waals surface area contributed by atoms with Gasteiger partial charge < -0.3 is 4.74 Å². The Morgan fingerprint density at radius 1 is 0.931 bits per heavy atom. The number of para-hydroxylation sites is 1. The molecule has 0 aromatic heterocycles. The number of carbonyl (C=O) groups excluding carboxylic acids is 2. The number of nitrogens with zero attached hydrogens (tertiary/aromatic N) is 1. The zero-order valence-corrected chi connectivity index (χ0v) is 17.7. The lowest BCUT2D eigenvalue weighted by molar-refractivity contribution is -0.113. The summed E-state index contributed by atoms with van der Waals surface area (Å²) in [6.07, 6.45) is 1.72. The summed E-state index contributed by atoms with van der Waals surface area (Å²) in [5, 5.41) is -0.297. The average molecular weight is 466 g/mol. The fraction of sp³-hybridized carbons (Fsp3) is 0.0435. The van der Waals surface area contributed by atoms with E-state index in [0.717, 1.165) is 27.4 Å². The van der Waals surface area contributed by atoms with E-state index in [9.17, 15) is 9.59 Å². The largest absolute Gasteiger partial charge is 0.488 e. The van der Waals surface area contributed by atoms with Crippen LogP contribution < -0.4 is 9.64 Å². The van der Waals surface area contributed by atoms with Crippen molar-refractivity contribution in [2.24, 2.45) is 0 Å². The highest BCUT2D eigenvalue weighted by Gasteiger charge is 2.36. The number of amides is 2. The van der Waals surface area contributed by atoms with Gasteiger partial charge in [0.25, 0.3) is 11.1 Å². The first-order valence-corrected chi connectivity index (χ1v) is 10.5. The molecule has 29 heavy (non-hydrogen) atoms. The standard InChI is InChI=1S/C23H16BrNO3S/c24-19-13-17(11-12-20(19)28-15-16-7-3-1-4-8-16)14-21-22(26)25(23(27)29-21)18-9-5-2-6-10-18/h1-14H,15H2. The molecule has 1 heterocycles. The van der Waals surface area contributed by atoms with Crippen LogP contribution in [0.25, 0.3) is 6.08 Å². The number of carbonyl (C=O) groups is 2. The fourth-order valence-electron chi connectivity index (χ4n) is 2.88. The molecule has 0 atom stereocenters. The summed E-state index contributed by atoms with van der Waals surface area (Å²) in [5.74, 6) is 0.398. The number of rotatable bonds is 5. The molecule has 3 aromatic rings. The van der Waals surface area contributed by atoms with Crippen molar-refractivity contribution in [3.63, 3.8) is 0 Å². The third-order valence-electron chi connectivity index (χ3n) is 4.30. The maximum absolute atomic E-state index is 12.7. The molecule has 144 valence electrons. The van der Waals surface area contributed by atoms with Crippen molar-refractivity contribution in [3.8, 4) is 5.75 Å². The van der Waals surface area contributed by atoms with Crippen LogP contribution in [0.15, 0.2) is 88.2 Å². The Labute approximate surface area is 181 Å². The van der Waals surface area contributed by atoms with Gasteiger partial charge in [0.2, 0.25) is 0 Å². The Morgan fingerprint density at radius 3 is 2.31 bits per heavy atom. The van der Waals surface area contributed by atoms with E-state index in [1.165, 1.54) is 4.90 Å². The molecule has 1 saturated heterocycles. The molecular formula is C23H16BrNO3S. The number of hydrogen-bond donors (Lipinski definition) is 0. The van der Waals surface area contributed by atoms with Crippen LogP contribution in [0.2, 0.25) is 0 Å². The number of ether oxygens (including phenoxy) is 1. The molecule has 0 spiro atoms. The van der Waals surface area contributed by atoms with Crippen molar-refractivity contribution >= 4 is 50.6 Å². The minimum atomic E-state index is -0.313. The SMILES string of the molecule is O=C1SC(=Cc2ccc(OCc3ccccc3)c(Br)c2)C(=O)N1c1ccccc1. The first-order valence-electron chi connectivity index (χ1n) is 8.91. The molecular weight excluding hydrogens is 450 g/mol. The van der Waals surface area contributed by atoms with Gasteiger partial charge >= 0.3 is 0 Å². The summed E-state index contributed by atoms with van der Waals surface area (Å²) in [6, 6.07) is 24.4. The van der Waals surface area contributed by atoms with E-state index >= 15 is 0 Å². The Balaban J connectivity index is 1.50. The van der Waals surface area contributed by atoms with Gasteiger partial charge in [-0.3, -0.25) is 9.59 Å². The summed E-state index contributed by atoms with van der Waals surface area (Å²) in [5.41, 5.74) is 2.46. The van der Waals surface area contributed by atoms with Crippen molar-refractivity contribution in [2.75, 3.05) is 4.90 Å². The Kier molecular flexibility index (Phi) is 5.83. The maximum Gasteiger partial charge on any atom is 0.298 e. The smallest absolute Gasteiger partial charge is 0.298 e. The molecule has 0 bridgehead atoms. The minimum absolute atomic E-state index is 0.297. The number of thioether (sulfide) groups is 1. The fourth-order valence-corrected chi connectivity index (χ4v) is 4.23. The van der Waals surface area contributed by atoms with Crippen molar-refractivity contribution in [1.29, 1.82) is 0 Å². The molecule has 3 aromatic carbocycles. The molecule has 1 fully saturated rings. The topological polar surface area (TPSA) is 46.6 Å². The van der Waals surface area contributed by atoms with Crippen LogP contribution in [-0.4, -0.2) is 11.1 Å². The van der Waals surface area contributed by atoms with E-state index in [4.69, 9.17) is 4.74 Å². The van der Waals surface area contributed by atoms with Gasteiger partial charge in [-0.1, -0.05) is 54.6 Å². The highest BCUT2D eigenvalue weighted by Crippen LogP contribution is 2.36. The van der Waals surface area contributed by atoms with E-state index in [2.05, 4.69) is 15.9 Å². The third-order valence-corrected chi connectivity index (χ3v) is 5.79. The number of anilines is 1. The lowest BCUT2D eigenvalue weighted by atomic mass is 10.2. The van der Waals surface area contributed by atoms with Crippen LogP contribution in [0.4, 0.5) is 10.5 Å². The monoisotopic (exact) mass is 465 g/mol. The zero-order chi connectivity index (χ0) is 20.2. The van der Waals surface area contributed by atoms with Gasteiger partial charge in [-0.25, -0.2) is 4.90 Å². The second-order valence-electron chi connectivity index (χ2n) is 6.32. The first kappa shape index (κ1) is 19.5. The van der Waals surface area contributed by atoms with Gasteiger partial charge in [-0.15, -0.1) is 0 Å². The highest BCUT2D eigenvalue weighted by atomic mass is 79.9. The van der Waals surface area contributed by atoms with Crippen LogP contribution in [0.1, 0.15) is 11.1 Å². The van der Waals surface area contributed by atoms with Gasteiger partial charge in [0.15, 0.2) is 0 Å². The Morgan fingerprint density at radius 2 is 1.62 bits per heavy atom. The molecule has 1 aliphatic heterocycles. The van der Waals surface area contributed by atoms with E-state index < -0.39 is 0 Å². The van der Waals surface area contributed by atoms with E-state index in [1.54, 1.807) is 30.3 Å². The molecule has 0 saturated carbocycles. The van der Waals surface area contributed by atoms with Gasteiger partial charge in [0.05, 0.1) is 15.1 Å². The first-order chi connectivity index (χ1) is 14.1. The van der Waals surface area contributed by atoms with Crippen LogP contribution >= 0.6 is 27.7 Å². The number of benzene rings is 3. The van der Waals surface area contributed by atoms with Gasteiger partial charge in [-0.05, 0) is 69.2 Å². The van der Waals surface area contributed by atoms with Crippen LogP contribution in [0.3, 0.4) is 0 Å². The Hall–Kier alpha value is -2.83. The number of hydrogen-bond acceptors (Lipinski definition) is 4. The van der Waals surface area contributed by atoms with E-state index in [-0.39, 0.29) is 11.1 Å². The van der Waals surface area contributed by atoms with Crippen molar-refractivity contribution in [2.45, 2.75) is 6.61 Å². The molecule has 4 rings (SSSR count). The lowest BCUT2D eigenvalue weighted by Crippen LogP contribution is -2.27. The third kappa shape index (κ3) is 4.44. The van der Waals surface area contributed by atoms with Crippen molar-refractivity contribution in [3.05, 3.63) is 99.4 Å². The molecule has 0 unspecified atom stereocenters. The summed E-state index contributed by atoms with van der Waals surface area (Å²) in [4.78, 5) is 26.6. The van der Waals surface area contributed by atoms with Crippen molar-refractivity contribution < 1.29 is 14.3 Å². The average Bonchev–Trinajstić information content (AvgIpc) is 3.02. The quantitative estimate of drug-likeness (QED) is 0.416. The van der Waals surface area contributed by atoms with Crippen LogP contribution in [0.5, 0.6) is 5.75 Å². The predicted molar refractivity (Wildman–Crippen MR) is 120 cm³/mol. The number of halogens is 1. The normalized spacial score (nSPS) is 15.2. The molecule has 1 aliphatic rings. The summed E-state index contributed by atoms with van der Waals surface area (Å²) < 4.78 is 6.64. The second-order valence-corrected chi connectivity index (χ2v) is 8.16. The van der Waals surface area contributed by atoms with E-state index in [0.29, 0.717) is 22.9 Å². The van der Waals surface area contributed by atoms with Gasteiger partial charge in [0, 0.05) is 0 Å². The second kappa shape index (κ2) is 8.68. The summed E-state index contributed by atoms with van der Waals surface area (Å²) >= 11 is 4.46. The summed E-state index contributed by atoms with van der Waals surface area (Å²) in [7, 11) is 0. The van der Waals surface area contributed by atoms with E-state index in [1.807, 2.05) is 54.6 Å². The molecule has 2 amide bonds. The van der Waals surface area contributed by atoms with Gasteiger partial charge in [0.1, 0.15) is 12.4 Å². The van der Waals surface area contributed by atoms with Gasteiger partial charge in [-0.2, -0.15) is 0 Å². The van der Waals surface area contributed by atoms with Crippen LogP contribution in [0, 0.1) is 0 Å². The molecule has 0 radical (unpaired) electrons. The molecule has 4 nitrogen and oxygen atoms in total. The molecule has 0 aliphatic carbocycles. The zero-order valence-electron chi connectivity index (χ0n) is 15.2. The molecule has 0 N–H and O–H groups in total. The highest BCUT2D eigenvalue weighted by molar-refractivity contribution is 9.10. The molecule has 6 heteroatoms. The summed E-state index contributed by atoms with van der Waals surface area (Å²) in [6.45, 7) is 0.467. The maximum atomic E-state index is 12.7. The van der Waals surface area contributed by atoms with Crippen LogP contribution in [-0.2, 0) is 11.4 Å². The minimum Gasteiger partial charge on any atom is -0.488 e.